The zero-order valence-electron chi connectivity index (χ0n) is 17.8. The second-order valence-electron chi connectivity index (χ2n) is 5.71. The number of rotatable bonds is 3. The molecule has 0 aliphatic rings. The van der Waals surface area contributed by atoms with E-state index in [0.717, 1.165) is 11.1 Å². The van der Waals surface area contributed by atoms with Crippen molar-refractivity contribution in [3.8, 4) is 33.4 Å². The summed E-state index contributed by atoms with van der Waals surface area (Å²) in [5, 5.41) is 0. The Labute approximate surface area is 192 Å². The minimum absolute atomic E-state index is 0. The third-order valence-electron chi connectivity index (χ3n) is 4.13. The van der Waals surface area contributed by atoms with Crippen molar-refractivity contribution < 1.29 is 35.5 Å². The molecule has 0 atom stereocenters. The molecule has 0 saturated carbocycles. The van der Waals surface area contributed by atoms with Crippen LogP contribution in [0.15, 0.2) is 97.1 Å². The minimum atomic E-state index is 0. The van der Waals surface area contributed by atoms with Crippen LogP contribution in [-0.2, 0) is 32.7 Å². The summed E-state index contributed by atoms with van der Waals surface area (Å²) < 4.78 is 11.5. The SMILES string of the molecule is [3H]C.[3H]C.[Y].[c-]1cc(-c2ccccc2)ccc1-c1[c-]cc(-c2ccccc2)cc1. The second kappa shape index (κ2) is 11.0. The molecule has 0 N–H and O–H groups in total. The van der Waals surface area contributed by atoms with Gasteiger partial charge in [-0.25, -0.2) is 11.1 Å². The largest absolute Gasteiger partial charge is 0.226 e. The molecule has 0 heterocycles. The Balaban J connectivity index is 0.000000794. The Morgan fingerprint density at radius 2 is 0.852 bits per heavy atom. The molecule has 4 aromatic rings. The average Bonchev–Trinajstić information content (AvgIpc) is 2.83. The maximum absolute atomic E-state index is 5.75. The Hall–Kier alpha value is -2.02. The van der Waals surface area contributed by atoms with Crippen LogP contribution >= 0.6 is 0 Å². The van der Waals surface area contributed by atoms with Crippen LogP contribution in [0, 0.1) is 12.1 Å². The molecular weight excluding hydrogens is 401 g/mol. The van der Waals surface area contributed by atoms with Gasteiger partial charge >= 0.3 is 0 Å². The summed E-state index contributed by atoms with van der Waals surface area (Å²) in [6.45, 7) is 0. The van der Waals surface area contributed by atoms with E-state index in [4.69, 9.17) is 2.74 Å². The Kier molecular flexibility index (Phi) is 8.02. The zero-order chi connectivity index (χ0) is 20.2. The quantitative estimate of drug-likeness (QED) is 0.295. The predicted molar refractivity (Wildman–Crippen MR) is 114 cm³/mol. The Morgan fingerprint density at radius 3 is 1.15 bits per heavy atom. The van der Waals surface area contributed by atoms with Gasteiger partial charge in [-0.1, -0.05) is 86.6 Å². The first-order chi connectivity index (χ1) is 13.9. The van der Waals surface area contributed by atoms with Crippen LogP contribution in [0.1, 0.15) is 17.5 Å². The van der Waals surface area contributed by atoms with Gasteiger partial charge in [0.05, 0.1) is 0 Å². The van der Waals surface area contributed by atoms with Crippen LogP contribution in [-0.4, -0.2) is 0 Å². The van der Waals surface area contributed by atoms with Gasteiger partial charge in [-0.2, -0.15) is 24.3 Å². The van der Waals surface area contributed by atoms with Crippen molar-refractivity contribution in [2.75, 3.05) is 0 Å². The summed E-state index contributed by atoms with van der Waals surface area (Å²) in [6.07, 6.45) is 0. The minimum Gasteiger partial charge on any atom is -0.226 e. The molecule has 1 heteroatoms. The monoisotopic (exact) mass is 429 g/mol. The fraction of sp³-hybridized carbons (Fsp3) is 0.0769. The molecule has 0 saturated heterocycles. The van der Waals surface area contributed by atoms with Gasteiger partial charge in [0.2, 0.25) is 0 Å². The fourth-order valence-electron chi connectivity index (χ4n) is 2.81. The maximum atomic E-state index is 5.75. The fourth-order valence-corrected chi connectivity index (χ4v) is 2.81. The van der Waals surface area contributed by atoms with Gasteiger partial charge in [0.15, 0.2) is 0 Å². The summed E-state index contributed by atoms with van der Waals surface area (Å²) in [4.78, 5) is 0. The van der Waals surface area contributed by atoms with E-state index >= 15 is 0 Å². The molecule has 1 radical (unpaired) electrons. The van der Waals surface area contributed by atoms with E-state index in [1.165, 1.54) is 37.1 Å². The van der Waals surface area contributed by atoms with Crippen LogP contribution in [0.25, 0.3) is 33.4 Å². The second-order valence-corrected chi connectivity index (χ2v) is 5.71. The molecule has 0 aliphatic carbocycles. The van der Waals surface area contributed by atoms with Crippen molar-refractivity contribution in [3.05, 3.63) is 109 Å². The van der Waals surface area contributed by atoms with Crippen molar-refractivity contribution in [2.24, 2.45) is 0 Å². The molecule has 0 unspecified atom stereocenters. The third kappa shape index (κ3) is 5.48. The van der Waals surface area contributed by atoms with Crippen LogP contribution in [0.3, 0.4) is 0 Å². The van der Waals surface area contributed by atoms with E-state index in [1.54, 1.807) is 0 Å². The van der Waals surface area contributed by atoms with E-state index in [1.807, 2.05) is 24.3 Å². The summed E-state index contributed by atoms with van der Waals surface area (Å²) >= 11 is 0. The molecule has 0 spiro atoms. The van der Waals surface area contributed by atoms with Gasteiger partial charge < -0.3 is 0 Å². The Morgan fingerprint density at radius 1 is 0.481 bits per heavy atom. The van der Waals surface area contributed by atoms with Crippen LogP contribution in [0.4, 0.5) is 0 Å². The smallest absolute Gasteiger partial charge is 0.0194 e. The normalized spacial score (nSPS) is 9.85. The maximum Gasteiger partial charge on any atom is 0.0194 e. The first-order valence-corrected chi connectivity index (χ1v) is 8.05. The summed E-state index contributed by atoms with van der Waals surface area (Å²) in [5.41, 5.74) is 6.91. The van der Waals surface area contributed by atoms with E-state index in [0.29, 0.717) is 0 Å². The number of hydrogen-bond acceptors (Lipinski definition) is 0. The van der Waals surface area contributed by atoms with Crippen molar-refractivity contribution in [3.63, 3.8) is 0 Å². The average molecular weight is 429 g/mol. The van der Waals surface area contributed by atoms with Crippen LogP contribution in [0.2, 0.25) is 0 Å². The van der Waals surface area contributed by atoms with Crippen molar-refractivity contribution >= 4 is 0 Å². The summed E-state index contributed by atoms with van der Waals surface area (Å²) in [7, 11) is 2.50. The molecule has 0 amide bonds. The van der Waals surface area contributed by atoms with Crippen LogP contribution < -0.4 is 0 Å². The summed E-state index contributed by atoms with van der Waals surface area (Å²) in [5.74, 6) is 0. The third-order valence-corrected chi connectivity index (χ3v) is 4.13. The van der Waals surface area contributed by atoms with Gasteiger partial charge in [-0.05, 0) is 0 Å². The van der Waals surface area contributed by atoms with Gasteiger partial charge in [-0.3, -0.25) is 0 Å². The van der Waals surface area contributed by atoms with Gasteiger partial charge in [0.1, 0.15) is 0 Å². The Bertz CT molecular complexity index is 839. The van der Waals surface area contributed by atoms with Crippen molar-refractivity contribution in [1.29, 1.82) is 0 Å². The van der Waals surface area contributed by atoms with Crippen LogP contribution in [0.5, 0.6) is 0 Å². The summed E-state index contributed by atoms with van der Waals surface area (Å²) in [6, 6.07) is 40.1. The number of benzene rings is 4. The van der Waals surface area contributed by atoms with E-state index in [2.05, 4.69) is 84.9 Å². The molecule has 27 heavy (non-hydrogen) atoms. The van der Waals surface area contributed by atoms with Crippen molar-refractivity contribution in [2.45, 2.75) is 14.8 Å². The first kappa shape index (κ1) is 19.7. The molecule has 4 rings (SSSR count). The molecule has 4 aromatic carbocycles. The van der Waals surface area contributed by atoms with Gasteiger partial charge in [0, 0.05) is 35.5 Å². The molecule has 0 aliphatic heterocycles. The predicted octanol–water partition coefficient (Wildman–Crippen LogP) is 7.56. The molecule has 0 bridgehead atoms. The van der Waals surface area contributed by atoms with Gasteiger partial charge in [-0.15, -0.1) is 35.4 Å². The van der Waals surface area contributed by atoms with E-state index in [9.17, 15) is 0 Å². The first-order valence-electron chi connectivity index (χ1n) is 10.0. The molecule has 0 aromatic heterocycles. The molecule has 0 nitrogen and oxygen atoms in total. The molecule has 0 fully saturated rings. The topological polar surface area (TPSA) is 0 Å². The van der Waals surface area contributed by atoms with E-state index in [-0.39, 0.29) is 32.7 Å². The van der Waals surface area contributed by atoms with Gasteiger partial charge in [0.25, 0.3) is 0 Å². The van der Waals surface area contributed by atoms with Crippen molar-refractivity contribution in [1.82, 2.24) is 0 Å². The molecule has 133 valence electrons. The number of hydrogen-bond donors (Lipinski definition) is 0. The molecular formula is C26H24Y-2. The standard InChI is InChI=1S/C24H16.2CH4.Y/c1-3-7-19(8-4-1)21-11-15-23(16-12-21)24-17-13-22(14-18-24)20-9-5-2-6-10-20;;;/h1-15,17H;2*1H4;/q-2;;;/i;2*1T;. The zero-order valence-corrected chi connectivity index (χ0v) is 18.7. The van der Waals surface area contributed by atoms with E-state index < -0.39 is 0 Å².